The first-order valence-electron chi connectivity index (χ1n) is 10.2. The number of aryl methyl sites for hydroxylation is 1. The van der Waals surface area contributed by atoms with Crippen LogP contribution in [0.2, 0.25) is 0 Å². The summed E-state index contributed by atoms with van der Waals surface area (Å²) in [6, 6.07) is 3.68. The molecule has 0 fully saturated rings. The Kier molecular flexibility index (Phi) is 10.1. The molecule has 1 aromatic rings. The van der Waals surface area contributed by atoms with Crippen molar-refractivity contribution in [1.29, 1.82) is 0 Å². The van der Waals surface area contributed by atoms with Crippen molar-refractivity contribution in [3.8, 4) is 11.5 Å². The Balaban J connectivity index is 0.000000945. The van der Waals surface area contributed by atoms with Gasteiger partial charge < -0.3 is 29.9 Å². The van der Waals surface area contributed by atoms with Gasteiger partial charge in [-0.1, -0.05) is 0 Å². The lowest BCUT2D eigenvalue weighted by Gasteiger charge is -2.26. The van der Waals surface area contributed by atoms with Crippen molar-refractivity contribution in [3.05, 3.63) is 51.1 Å². The first-order valence-corrected chi connectivity index (χ1v) is 11.3. The number of anilines is 1. The summed E-state index contributed by atoms with van der Waals surface area (Å²) < 4.78 is 2.43. The molecule has 1 unspecified atom stereocenters. The van der Waals surface area contributed by atoms with E-state index < -0.39 is 24.0 Å². The number of aliphatic hydroxyl groups excluding tert-OH is 4. The molecule has 0 amide bonds. The fourth-order valence-corrected chi connectivity index (χ4v) is 3.82. The van der Waals surface area contributed by atoms with E-state index in [1.165, 1.54) is 7.05 Å². The van der Waals surface area contributed by atoms with Crippen LogP contribution in [-0.2, 0) is 13.6 Å². The molecule has 1 aromatic carbocycles. The topological polar surface area (TPSA) is 154 Å². The minimum atomic E-state index is -1.11. The number of halogens is 2. The SMILES string of the molecule is Cc1cc2nc3c(=O)n(C)c(=O)nc-3n(CC(O)CO)c2cc1N(CCCl)CCCl.O/C=C/O. The third-order valence-electron chi connectivity index (χ3n) is 5.00. The zero-order valence-corrected chi connectivity index (χ0v) is 20.2. The van der Waals surface area contributed by atoms with Crippen LogP contribution in [-0.4, -0.2) is 77.1 Å². The number of aromatic nitrogens is 4. The largest absolute Gasteiger partial charge is 0.512 e. The van der Waals surface area contributed by atoms with E-state index in [1.54, 1.807) is 4.57 Å². The van der Waals surface area contributed by atoms with Gasteiger partial charge in [-0.15, -0.1) is 23.2 Å². The molecule has 2 heterocycles. The molecule has 4 N–H and O–H groups in total. The highest BCUT2D eigenvalue weighted by Gasteiger charge is 2.23. The number of hydrogen-bond donors (Lipinski definition) is 4. The highest BCUT2D eigenvalue weighted by atomic mass is 35.5. The molecule has 0 aliphatic carbocycles. The Morgan fingerprint density at radius 2 is 1.74 bits per heavy atom. The van der Waals surface area contributed by atoms with Crippen molar-refractivity contribution >= 4 is 39.9 Å². The first-order chi connectivity index (χ1) is 16.2. The summed E-state index contributed by atoms with van der Waals surface area (Å²) in [5, 5.41) is 34.3. The summed E-state index contributed by atoms with van der Waals surface area (Å²) in [7, 11) is 1.33. The molecule has 186 valence electrons. The number of nitrogens with zero attached hydrogens (tertiary/aromatic N) is 5. The minimum absolute atomic E-state index is 0.0141. The number of rotatable bonds is 8. The normalized spacial score (nSPS) is 12.2. The molecule has 34 heavy (non-hydrogen) atoms. The van der Waals surface area contributed by atoms with Crippen molar-refractivity contribution in [3.63, 3.8) is 0 Å². The van der Waals surface area contributed by atoms with Crippen LogP contribution in [0.15, 0.2) is 34.2 Å². The molecule has 1 atom stereocenters. The maximum atomic E-state index is 12.6. The summed E-state index contributed by atoms with van der Waals surface area (Å²) in [4.78, 5) is 35.3. The van der Waals surface area contributed by atoms with E-state index >= 15 is 0 Å². The third-order valence-corrected chi connectivity index (χ3v) is 5.34. The molecule has 0 bridgehead atoms. The standard InChI is InChI=1S/C19H23Cl2N5O4.C2H4O2/c1-11-7-13-15(8-14(11)25(5-3-20)6-4-21)26(9-12(28)10-27)17-16(22-13)18(29)24(2)19(30)23-17;3-1-2-4/h7-8,12,27-28H,3-6,9-10H2,1-2H3;1-4H/b;2-1+. The van der Waals surface area contributed by atoms with E-state index in [9.17, 15) is 19.8 Å². The lowest BCUT2D eigenvalue weighted by Crippen LogP contribution is -2.37. The second kappa shape index (κ2) is 12.6. The van der Waals surface area contributed by atoms with Crippen LogP contribution in [0.1, 0.15) is 5.56 Å². The van der Waals surface area contributed by atoms with Crippen LogP contribution in [0.4, 0.5) is 5.69 Å². The van der Waals surface area contributed by atoms with Gasteiger partial charge in [-0.3, -0.25) is 9.36 Å². The fraction of sp³-hybridized carbons (Fsp3) is 0.429. The Labute approximate surface area is 205 Å². The summed E-state index contributed by atoms with van der Waals surface area (Å²) in [6.07, 6.45) is -0.00343. The van der Waals surface area contributed by atoms with E-state index in [0.717, 1.165) is 15.8 Å². The van der Waals surface area contributed by atoms with Crippen molar-refractivity contribution in [2.24, 2.45) is 7.05 Å². The average molecular weight is 516 g/mol. The quantitative estimate of drug-likeness (QED) is 0.196. The van der Waals surface area contributed by atoms with E-state index in [-0.39, 0.29) is 18.1 Å². The maximum Gasteiger partial charge on any atom is 0.352 e. The van der Waals surface area contributed by atoms with E-state index in [2.05, 4.69) is 9.97 Å². The van der Waals surface area contributed by atoms with Gasteiger partial charge in [0.25, 0.3) is 5.56 Å². The zero-order valence-electron chi connectivity index (χ0n) is 18.7. The number of fused-ring (bicyclic) bond motifs is 2. The van der Waals surface area contributed by atoms with Crippen LogP contribution >= 0.6 is 23.2 Å². The van der Waals surface area contributed by atoms with E-state index in [1.807, 2.05) is 24.0 Å². The van der Waals surface area contributed by atoms with Crippen molar-refractivity contribution in [2.45, 2.75) is 19.6 Å². The molecule has 0 spiro atoms. The van der Waals surface area contributed by atoms with Gasteiger partial charge >= 0.3 is 5.69 Å². The van der Waals surface area contributed by atoms with Crippen LogP contribution in [0, 0.1) is 6.92 Å². The number of aliphatic hydroxyl groups is 4. The lowest BCUT2D eigenvalue weighted by atomic mass is 10.1. The summed E-state index contributed by atoms with van der Waals surface area (Å²) in [6.45, 7) is 2.50. The van der Waals surface area contributed by atoms with Gasteiger partial charge in [0, 0.05) is 37.6 Å². The predicted octanol–water partition coefficient (Wildman–Crippen LogP) is 1.11. The smallest absolute Gasteiger partial charge is 0.352 e. The second-order valence-electron chi connectivity index (χ2n) is 7.28. The van der Waals surface area contributed by atoms with Crippen LogP contribution in [0.25, 0.3) is 22.6 Å². The fourth-order valence-electron chi connectivity index (χ4n) is 3.41. The number of alkyl halides is 2. The van der Waals surface area contributed by atoms with Gasteiger partial charge in [-0.05, 0) is 24.6 Å². The minimum Gasteiger partial charge on any atom is -0.512 e. The highest BCUT2D eigenvalue weighted by molar-refractivity contribution is 6.18. The Bertz CT molecular complexity index is 1220. The summed E-state index contributed by atoms with van der Waals surface area (Å²) in [5.74, 6) is 0.870. The molecule has 3 rings (SSSR count). The maximum absolute atomic E-state index is 12.6. The van der Waals surface area contributed by atoms with Gasteiger partial charge in [0.1, 0.15) is 12.5 Å². The highest BCUT2D eigenvalue weighted by Crippen LogP contribution is 2.29. The van der Waals surface area contributed by atoms with Gasteiger partial charge in [-0.25, -0.2) is 9.78 Å². The van der Waals surface area contributed by atoms with Crippen molar-refractivity contribution < 1.29 is 20.4 Å². The monoisotopic (exact) mass is 515 g/mol. The number of benzene rings is 1. The average Bonchev–Trinajstić information content (AvgIpc) is 2.82. The van der Waals surface area contributed by atoms with Crippen LogP contribution < -0.4 is 16.1 Å². The van der Waals surface area contributed by atoms with Gasteiger partial charge in [0.2, 0.25) is 0 Å². The van der Waals surface area contributed by atoms with Crippen LogP contribution in [0.3, 0.4) is 0 Å². The molecular formula is C21H27Cl2N5O6. The van der Waals surface area contributed by atoms with Crippen molar-refractivity contribution in [2.75, 3.05) is 36.4 Å². The molecule has 11 nitrogen and oxygen atoms in total. The summed E-state index contributed by atoms with van der Waals surface area (Å²) >= 11 is 11.9. The third kappa shape index (κ3) is 5.98. The molecule has 2 aliphatic rings. The Hall–Kier alpha value is -2.86. The number of hydrogen-bond acceptors (Lipinski definition) is 9. The molecule has 0 saturated carbocycles. The second-order valence-corrected chi connectivity index (χ2v) is 8.04. The molecule has 13 heteroatoms. The van der Waals surface area contributed by atoms with Gasteiger partial charge in [0.05, 0.1) is 30.3 Å². The molecule has 0 radical (unpaired) electrons. The summed E-state index contributed by atoms with van der Waals surface area (Å²) in [5.41, 5.74) is 1.55. The zero-order chi connectivity index (χ0) is 25.4. The Morgan fingerprint density at radius 3 is 2.26 bits per heavy atom. The predicted molar refractivity (Wildman–Crippen MR) is 132 cm³/mol. The molecule has 0 saturated heterocycles. The van der Waals surface area contributed by atoms with E-state index in [0.29, 0.717) is 48.4 Å². The first kappa shape index (κ1) is 27.4. The molecule has 2 aliphatic heterocycles. The molecule has 0 aromatic heterocycles. The van der Waals surface area contributed by atoms with Gasteiger partial charge in [-0.2, -0.15) is 4.98 Å². The van der Waals surface area contributed by atoms with Gasteiger partial charge in [0.15, 0.2) is 11.5 Å². The van der Waals surface area contributed by atoms with E-state index in [4.69, 9.17) is 33.4 Å². The van der Waals surface area contributed by atoms with Crippen molar-refractivity contribution in [1.82, 2.24) is 19.1 Å². The van der Waals surface area contributed by atoms with Crippen LogP contribution in [0.5, 0.6) is 0 Å². The lowest BCUT2D eigenvalue weighted by molar-refractivity contribution is 0.0822. The molecular weight excluding hydrogens is 489 g/mol. The Morgan fingerprint density at radius 1 is 1.12 bits per heavy atom.